The summed E-state index contributed by atoms with van der Waals surface area (Å²) in [6.07, 6.45) is 6.67. The first-order valence-electron chi connectivity index (χ1n) is 6.49. The molecule has 0 aromatic heterocycles. The zero-order valence-electron chi connectivity index (χ0n) is 11.1. The second kappa shape index (κ2) is 4.05. The van der Waals surface area contributed by atoms with Crippen molar-refractivity contribution in [1.29, 1.82) is 0 Å². The van der Waals surface area contributed by atoms with Crippen LogP contribution in [0.15, 0.2) is 29.2 Å². The third-order valence-electron chi connectivity index (χ3n) is 4.46. The van der Waals surface area contributed by atoms with Crippen LogP contribution >= 0.6 is 0 Å². The van der Waals surface area contributed by atoms with Gasteiger partial charge in [-0.1, -0.05) is 37.9 Å². The molecule has 0 unspecified atom stereocenters. The zero-order chi connectivity index (χ0) is 11.9. The van der Waals surface area contributed by atoms with Crippen LogP contribution in [0, 0.1) is 17.8 Å². The van der Waals surface area contributed by atoms with Crippen molar-refractivity contribution in [3.63, 3.8) is 0 Å². The Labute approximate surface area is 101 Å². The molecule has 0 aliphatic heterocycles. The van der Waals surface area contributed by atoms with Crippen molar-refractivity contribution in [3.8, 4) is 0 Å². The molecule has 16 heavy (non-hydrogen) atoms. The molecule has 1 heteroatoms. The van der Waals surface area contributed by atoms with Gasteiger partial charge in [0.05, 0.1) is 8.07 Å². The predicted octanol–water partition coefficient (Wildman–Crippen LogP) is 4.57. The van der Waals surface area contributed by atoms with Gasteiger partial charge in [0.2, 0.25) is 0 Å². The maximum Gasteiger partial charge on any atom is 0.0823 e. The molecule has 3 aliphatic rings. The van der Waals surface area contributed by atoms with Gasteiger partial charge in [-0.25, -0.2) is 0 Å². The number of hydrogen-bond acceptors (Lipinski definition) is 0. The molecule has 0 aromatic rings. The van der Waals surface area contributed by atoms with Gasteiger partial charge in [0.1, 0.15) is 0 Å². The smallest absolute Gasteiger partial charge is 0.0823 e. The van der Waals surface area contributed by atoms with Crippen LogP contribution < -0.4 is 0 Å². The van der Waals surface area contributed by atoms with Crippen molar-refractivity contribution in [3.05, 3.63) is 29.2 Å². The Balaban J connectivity index is 2.11. The summed E-state index contributed by atoms with van der Waals surface area (Å²) in [7, 11) is -1.19. The molecule has 0 amide bonds. The van der Waals surface area contributed by atoms with Gasteiger partial charge in [-0.15, -0.1) is 5.73 Å². The summed E-state index contributed by atoms with van der Waals surface area (Å²) in [6, 6.07) is 0. The minimum Gasteiger partial charge on any atom is -0.134 e. The van der Waals surface area contributed by atoms with Crippen LogP contribution in [0.1, 0.15) is 26.2 Å². The van der Waals surface area contributed by atoms with Crippen LogP contribution in [-0.4, -0.2) is 8.07 Å². The van der Waals surface area contributed by atoms with Crippen LogP contribution in [0.3, 0.4) is 0 Å². The van der Waals surface area contributed by atoms with Gasteiger partial charge in [-0.05, 0) is 49.1 Å². The number of rotatable bonds is 3. The average Bonchev–Trinajstić information content (AvgIpc) is 2.09. The highest BCUT2D eigenvalue weighted by molar-refractivity contribution is 6.83. The lowest BCUT2D eigenvalue weighted by Gasteiger charge is -2.46. The van der Waals surface area contributed by atoms with Crippen molar-refractivity contribution in [2.45, 2.75) is 45.8 Å². The van der Waals surface area contributed by atoms with E-state index in [9.17, 15) is 0 Å². The van der Waals surface area contributed by atoms with Gasteiger partial charge < -0.3 is 0 Å². The Hall–Kier alpha value is -0.523. The van der Waals surface area contributed by atoms with E-state index in [-0.39, 0.29) is 0 Å². The topological polar surface area (TPSA) is 0 Å². The summed E-state index contributed by atoms with van der Waals surface area (Å²) < 4.78 is 0. The van der Waals surface area contributed by atoms with Crippen LogP contribution in [-0.2, 0) is 0 Å². The van der Waals surface area contributed by atoms with Crippen molar-refractivity contribution in [2.24, 2.45) is 17.8 Å². The van der Waals surface area contributed by atoms with E-state index < -0.39 is 8.07 Å². The van der Waals surface area contributed by atoms with E-state index in [0.29, 0.717) is 0 Å². The first-order chi connectivity index (χ1) is 7.41. The van der Waals surface area contributed by atoms with Crippen LogP contribution in [0.4, 0.5) is 0 Å². The third kappa shape index (κ3) is 2.12. The van der Waals surface area contributed by atoms with Crippen molar-refractivity contribution < 1.29 is 0 Å². The zero-order valence-corrected chi connectivity index (χ0v) is 12.1. The monoisotopic (exact) mass is 232 g/mol. The summed E-state index contributed by atoms with van der Waals surface area (Å²) in [5.74, 6) is 2.69. The molecule has 3 aliphatic carbocycles. The highest BCUT2D eigenvalue weighted by Gasteiger charge is 2.40. The molecule has 0 saturated heterocycles. The molecule has 88 valence electrons. The maximum absolute atomic E-state index is 3.90. The Bertz CT molecular complexity index is 357. The van der Waals surface area contributed by atoms with Crippen LogP contribution in [0.25, 0.3) is 0 Å². The van der Waals surface area contributed by atoms with E-state index in [0.717, 1.165) is 17.8 Å². The lowest BCUT2D eigenvalue weighted by Crippen LogP contribution is -2.36. The van der Waals surface area contributed by atoms with E-state index in [1.807, 2.05) is 0 Å². The minimum absolute atomic E-state index is 0.793. The Morgan fingerprint density at radius 2 is 2.06 bits per heavy atom. The molecular weight excluding hydrogens is 208 g/mol. The third-order valence-corrected chi connectivity index (χ3v) is 6.65. The predicted molar refractivity (Wildman–Crippen MR) is 74.1 cm³/mol. The molecule has 0 heterocycles. The van der Waals surface area contributed by atoms with Crippen molar-refractivity contribution in [2.75, 3.05) is 0 Å². The minimum atomic E-state index is -1.19. The van der Waals surface area contributed by atoms with E-state index >= 15 is 0 Å². The van der Waals surface area contributed by atoms with E-state index in [4.69, 9.17) is 0 Å². The SMILES string of the molecule is C=C=C(C[C@@H]1C=C(C)C2CC1C2)[Si](C)(C)C. The first-order valence-corrected chi connectivity index (χ1v) is 9.99. The lowest BCUT2D eigenvalue weighted by atomic mass is 9.60. The molecular formula is C15H24Si. The Kier molecular flexibility index (Phi) is 3.02. The Morgan fingerprint density at radius 3 is 2.50 bits per heavy atom. The quantitative estimate of drug-likeness (QED) is 0.380. The molecule has 0 spiro atoms. The fourth-order valence-electron chi connectivity index (χ4n) is 3.10. The number of allylic oxidation sites excluding steroid dienone is 3. The Morgan fingerprint density at radius 1 is 1.44 bits per heavy atom. The van der Waals surface area contributed by atoms with Gasteiger partial charge in [-0.3, -0.25) is 0 Å². The van der Waals surface area contributed by atoms with Gasteiger partial charge in [0.15, 0.2) is 0 Å². The number of fused-ring (bicyclic) bond motifs is 1. The van der Waals surface area contributed by atoms with Crippen molar-refractivity contribution >= 4 is 8.07 Å². The maximum atomic E-state index is 3.90. The second-order valence-electron chi connectivity index (χ2n) is 6.61. The highest BCUT2D eigenvalue weighted by atomic mass is 28.3. The lowest BCUT2D eigenvalue weighted by molar-refractivity contribution is 0.150. The molecule has 3 rings (SSSR count). The fourth-order valence-corrected chi connectivity index (χ4v) is 4.48. The van der Waals surface area contributed by atoms with Gasteiger partial charge in [-0.2, -0.15) is 0 Å². The number of hydrogen-bond donors (Lipinski definition) is 0. The van der Waals surface area contributed by atoms with Gasteiger partial charge in [0.25, 0.3) is 0 Å². The van der Waals surface area contributed by atoms with Crippen molar-refractivity contribution in [1.82, 2.24) is 0 Å². The molecule has 0 nitrogen and oxygen atoms in total. The molecule has 0 aromatic carbocycles. The first kappa shape index (κ1) is 11.9. The van der Waals surface area contributed by atoms with E-state index in [1.54, 1.807) is 5.57 Å². The molecule has 2 bridgehead atoms. The molecule has 1 atom stereocenters. The molecule has 1 fully saturated rings. The second-order valence-corrected chi connectivity index (χ2v) is 11.7. The van der Waals surface area contributed by atoms with Gasteiger partial charge >= 0.3 is 0 Å². The van der Waals surface area contributed by atoms with Crippen LogP contribution in [0.2, 0.25) is 19.6 Å². The summed E-state index contributed by atoms with van der Waals surface area (Å²) >= 11 is 0. The largest absolute Gasteiger partial charge is 0.134 e. The van der Waals surface area contributed by atoms with Crippen LogP contribution in [0.5, 0.6) is 0 Å². The summed E-state index contributed by atoms with van der Waals surface area (Å²) in [5.41, 5.74) is 4.89. The fraction of sp³-hybridized carbons (Fsp3) is 0.667. The average molecular weight is 232 g/mol. The van der Waals surface area contributed by atoms with Gasteiger partial charge in [0, 0.05) is 0 Å². The summed E-state index contributed by atoms with van der Waals surface area (Å²) in [4.78, 5) is 0. The molecule has 1 saturated carbocycles. The highest BCUT2D eigenvalue weighted by Crippen LogP contribution is 2.50. The normalized spacial score (nSPS) is 32.5. The molecule has 0 radical (unpaired) electrons. The summed E-state index contributed by atoms with van der Waals surface area (Å²) in [6.45, 7) is 13.4. The van der Waals surface area contributed by atoms with E-state index in [1.165, 1.54) is 24.5 Å². The standard InChI is InChI=1S/C15H24Si/c1-6-15(16(3,4)5)10-13-7-11(2)12-8-14(13)9-12/h7,12-14H,1,8-10H2,2-5H3/t12?,13-,14?/m0/s1. The molecule has 0 N–H and O–H groups in total. The summed E-state index contributed by atoms with van der Waals surface area (Å²) in [5, 5.41) is 1.53. The van der Waals surface area contributed by atoms with E-state index in [2.05, 4.69) is 45.0 Å².